The van der Waals surface area contributed by atoms with Gasteiger partial charge in [-0.25, -0.2) is 0 Å². The van der Waals surface area contributed by atoms with Crippen LogP contribution in [0.2, 0.25) is 0 Å². The van der Waals surface area contributed by atoms with Gasteiger partial charge in [0.2, 0.25) is 5.91 Å². The van der Waals surface area contributed by atoms with E-state index in [1.54, 1.807) is 12.1 Å². The van der Waals surface area contributed by atoms with E-state index in [2.05, 4.69) is 5.32 Å². The molecule has 0 saturated carbocycles. The molecule has 2 N–H and O–H groups in total. The number of carbonyl (C=O) groups is 2. The Hall–Kier alpha value is -1.68. The molecule has 1 aromatic carbocycles. The number of hydrogen-bond donors (Lipinski definition) is 2. The van der Waals surface area contributed by atoms with Gasteiger partial charge in [-0.2, -0.15) is 0 Å². The summed E-state index contributed by atoms with van der Waals surface area (Å²) in [6, 6.07) is 7.36. The SMILES string of the molecule is Cc1ccc(C(=O)CCC(=O)NCC(C)(C)C(O)C(C)C)cc1. The molecule has 4 heteroatoms. The van der Waals surface area contributed by atoms with Crippen LogP contribution in [-0.4, -0.2) is 29.4 Å². The number of hydrogen-bond acceptors (Lipinski definition) is 3. The Morgan fingerprint density at radius 1 is 1.13 bits per heavy atom. The summed E-state index contributed by atoms with van der Waals surface area (Å²) >= 11 is 0. The van der Waals surface area contributed by atoms with Crippen molar-refractivity contribution in [2.45, 2.75) is 53.6 Å². The second kappa shape index (κ2) is 8.25. The second-order valence-corrected chi connectivity index (χ2v) is 7.24. The number of aliphatic hydroxyl groups is 1. The summed E-state index contributed by atoms with van der Waals surface area (Å²) in [5, 5.41) is 13.0. The number of aryl methyl sites for hydroxylation is 1. The highest BCUT2D eigenvalue weighted by atomic mass is 16.3. The molecule has 1 aromatic rings. The molecule has 0 spiro atoms. The summed E-state index contributed by atoms with van der Waals surface area (Å²) in [6.07, 6.45) is -0.125. The summed E-state index contributed by atoms with van der Waals surface area (Å²) in [4.78, 5) is 24.0. The van der Waals surface area contributed by atoms with Crippen molar-refractivity contribution < 1.29 is 14.7 Å². The fourth-order valence-electron chi connectivity index (χ4n) is 2.53. The molecule has 0 bridgehead atoms. The number of nitrogens with one attached hydrogen (secondary N) is 1. The summed E-state index contributed by atoms with van der Waals surface area (Å²) < 4.78 is 0. The highest BCUT2D eigenvalue weighted by Gasteiger charge is 2.30. The minimum absolute atomic E-state index is 0.0263. The molecule has 0 aliphatic rings. The molecular formula is C19H29NO3. The monoisotopic (exact) mass is 319 g/mol. The van der Waals surface area contributed by atoms with Crippen molar-refractivity contribution in [1.82, 2.24) is 5.32 Å². The quantitative estimate of drug-likeness (QED) is 0.724. The van der Waals surface area contributed by atoms with Crippen molar-refractivity contribution in [2.24, 2.45) is 11.3 Å². The van der Waals surface area contributed by atoms with Crippen LogP contribution < -0.4 is 5.32 Å². The van der Waals surface area contributed by atoms with E-state index in [9.17, 15) is 14.7 Å². The highest BCUT2D eigenvalue weighted by molar-refractivity contribution is 5.97. The number of rotatable bonds is 8. The average Bonchev–Trinajstić information content (AvgIpc) is 2.50. The largest absolute Gasteiger partial charge is 0.392 e. The fourth-order valence-corrected chi connectivity index (χ4v) is 2.53. The van der Waals surface area contributed by atoms with Crippen LogP contribution in [0.1, 0.15) is 56.5 Å². The van der Waals surface area contributed by atoms with Gasteiger partial charge in [0.05, 0.1) is 6.10 Å². The number of benzene rings is 1. The maximum absolute atomic E-state index is 12.0. The zero-order valence-electron chi connectivity index (χ0n) is 14.8. The molecular weight excluding hydrogens is 290 g/mol. The Morgan fingerprint density at radius 2 is 1.70 bits per heavy atom. The van der Waals surface area contributed by atoms with Crippen molar-refractivity contribution in [1.29, 1.82) is 0 Å². The molecule has 0 saturated heterocycles. The molecule has 1 unspecified atom stereocenters. The molecule has 1 atom stereocenters. The minimum Gasteiger partial charge on any atom is -0.392 e. The lowest BCUT2D eigenvalue weighted by Crippen LogP contribution is -2.43. The first-order valence-electron chi connectivity index (χ1n) is 8.18. The van der Waals surface area contributed by atoms with Gasteiger partial charge >= 0.3 is 0 Å². The van der Waals surface area contributed by atoms with Gasteiger partial charge in [-0.3, -0.25) is 9.59 Å². The molecule has 0 aliphatic carbocycles. The molecule has 1 rings (SSSR count). The van der Waals surface area contributed by atoms with Gasteiger partial charge in [-0.1, -0.05) is 57.5 Å². The molecule has 0 aromatic heterocycles. The van der Waals surface area contributed by atoms with Crippen molar-refractivity contribution in [3.8, 4) is 0 Å². The maximum Gasteiger partial charge on any atom is 0.220 e. The standard InChI is InChI=1S/C19H29NO3/c1-13(2)18(23)19(4,5)12-20-17(22)11-10-16(21)15-8-6-14(3)7-9-15/h6-9,13,18,23H,10-12H2,1-5H3,(H,20,22). The fraction of sp³-hybridized carbons (Fsp3) is 0.579. The van der Waals surface area contributed by atoms with E-state index in [1.807, 2.05) is 46.8 Å². The topological polar surface area (TPSA) is 66.4 Å². The van der Waals surface area contributed by atoms with Crippen LogP contribution in [0.15, 0.2) is 24.3 Å². The number of ketones is 1. The van der Waals surface area contributed by atoms with E-state index in [1.165, 1.54) is 0 Å². The third-order valence-corrected chi connectivity index (χ3v) is 4.13. The van der Waals surface area contributed by atoms with Crippen molar-refractivity contribution in [3.63, 3.8) is 0 Å². The Kier molecular flexibility index (Phi) is 6.95. The van der Waals surface area contributed by atoms with E-state index in [4.69, 9.17) is 0 Å². The number of aliphatic hydroxyl groups excluding tert-OH is 1. The first-order chi connectivity index (χ1) is 10.6. The third kappa shape index (κ3) is 6.14. The molecule has 0 radical (unpaired) electrons. The molecule has 4 nitrogen and oxygen atoms in total. The van der Waals surface area contributed by atoms with Crippen LogP contribution >= 0.6 is 0 Å². The van der Waals surface area contributed by atoms with Gasteiger partial charge in [-0.15, -0.1) is 0 Å². The third-order valence-electron chi connectivity index (χ3n) is 4.13. The van der Waals surface area contributed by atoms with Crippen molar-refractivity contribution in [2.75, 3.05) is 6.54 Å². The minimum atomic E-state index is -0.489. The van der Waals surface area contributed by atoms with Crippen LogP contribution in [0.5, 0.6) is 0 Å². The van der Waals surface area contributed by atoms with Crippen LogP contribution in [0.4, 0.5) is 0 Å². The predicted molar refractivity (Wildman–Crippen MR) is 92.4 cm³/mol. The lowest BCUT2D eigenvalue weighted by molar-refractivity contribution is -0.122. The van der Waals surface area contributed by atoms with E-state index in [0.29, 0.717) is 12.1 Å². The maximum atomic E-state index is 12.0. The van der Waals surface area contributed by atoms with Crippen LogP contribution in [0.25, 0.3) is 0 Å². The molecule has 23 heavy (non-hydrogen) atoms. The lowest BCUT2D eigenvalue weighted by Gasteiger charge is -2.33. The van der Waals surface area contributed by atoms with Crippen molar-refractivity contribution >= 4 is 11.7 Å². The normalized spacial score (nSPS) is 13.0. The van der Waals surface area contributed by atoms with Gasteiger partial charge in [0.15, 0.2) is 5.78 Å². The number of Topliss-reactive ketones (excluding diaryl/α,β-unsaturated/α-hetero) is 1. The Morgan fingerprint density at radius 3 is 2.22 bits per heavy atom. The summed E-state index contributed by atoms with van der Waals surface area (Å²) in [6.45, 7) is 10.1. The smallest absolute Gasteiger partial charge is 0.220 e. The Bertz CT molecular complexity index is 532. The summed E-state index contributed by atoms with van der Waals surface area (Å²) in [7, 11) is 0. The Balaban J connectivity index is 2.42. The zero-order valence-corrected chi connectivity index (χ0v) is 14.8. The van der Waals surface area contributed by atoms with Gasteiger partial charge in [0.1, 0.15) is 0 Å². The van der Waals surface area contributed by atoms with E-state index < -0.39 is 11.5 Å². The van der Waals surface area contributed by atoms with E-state index >= 15 is 0 Å². The number of amides is 1. The molecule has 1 amide bonds. The molecule has 0 aliphatic heterocycles. The van der Waals surface area contributed by atoms with E-state index in [0.717, 1.165) is 5.56 Å². The van der Waals surface area contributed by atoms with Crippen molar-refractivity contribution in [3.05, 3.63) is 35.4 Å². The molecule has 0 fully saturated rings. The average molecular weight is 319 g/mol. The number of carbonyl (C=O) groups excluding carboxylic acids is 2. The van der Waals surface area contributed by atoms with Crippen LogP contribution in [0.3, 0.4) is 0 Å². The van der Waals surface area contributed by atoms with E-state index in [-0.39, 0.29) is 30.4 Å². The first kappa shape index (κ1) is 19.4. The van der Waals surface area contributed by atoms with Crippen LogP contribution in [-0.2, 0) is 4.79 Å². The molecule has 0 heterocycles. The van der Waals surface area contributed by atoms with Gasteiger partial charge in [-0.05, 0) is 12.8 Å². The van der Waals surface area contributed by atoms with Gasteiger partial charge < -0.3 is 10.4 Å². The summed E-state index contributed by atoms with van der Waals surface area (Å²) in [5.41, 5.74) is 1.34. The Labute approximate surface area is 139 Å². The highest BCUT2D eigenvalue weighted by Crippen LogP contribution is 2.25. The second-order valence-electron chi connectivity index (χ2n) is 7.24. The lowest BCUT2D eigenvalue weighted by atomic mass is 9.80. The van der Waals surface area contributed by atoms with Crippen LogP contribution in [0, 0.1) is 18.3 Å². The first-order valence-corrected chi connectivity index (χ1v) is 8.18. The van der Waals surface area contributed by atoms with Gasteiger partial charge in [0.25, 0.3) is 0 Å². The summed E-state index contributed by atoms with van der Waals surface area (Å²) in [5.74, 6) is -0.0545. The van der Waals surface area contributed by atoms with Gasteiger partial charge in [0, 0.05) is 30.4 Å². The molecule has 128 valence electrons. The zero-order chi connectivity index (χ0) is 17.6. The predicted octanol–water partition coefficient (Wildman–Crippen LogP) is 3.12.